The highest BCUT2D eigenvalue weighted by molar-refractivity contribution is 5.92. The van der Waals surface area contributed by atoms with Crippen molar-refractivity contribution < 1.29 is 28.6 Å². The number of nitrogens with one attached hydrogen (secondary N) is 1. The number of benzene rings is 4. The van der Waals surface area contributed by atoms with Crippen LogP contribution >= 0.6 is 0 Å². The number of fused-ring (bicyclic) bond motifs is 2. The fourth-order valence-electron chi connectivity index (χ4n) is 6.37. The number of terminal acetylenes is 1. The molecule has 4 amide bonds. The first kappa shape index (κ1) is 32.5. The number of carbonyl (C=O) groups is 3. The molecule has 246 valence electrons. The number of aliphatic hydroxyl groups excluding tert-OH is 1. The quantitative estimate of drug-likeness (QED) is 0.241. The highest BCUT2D eigenvalue weighted by Gasteiger charge is 2.52. The van der Waals surface area contributed by atoms with Gasteiger partial charge in [-0.2, -0.15) is 5.01 Å². The first-order chi connectivity index (χ1) is 23.4. The molecule has 2 atom stereocenters. The molecule has 10 nitrogen and oxygen atoms in total. The number of nitrogens with zero attached hydrogens (tertiary/aromatic N) is 4. The van der Waals surface area contributed by atoms with Gasteiger partial charge in [-0.3, -0.25) is 9.59 Å². The van der Waals surface area contributed by atoms with Gasteiger partial charge in [0.2, 0.25) is 11.8 Å². The number of piperazine rings is 1. The van der Waals surface area contributed by atoms with Crippen LogP contribution in [-0.4, -0.2) is 87.8 Å². The number of hydrogen-bond acceptors (Lipinski definition) is 6. The number of aliphatic hydroxyl groups is 1. The maximum Gasteiger partial charge on any atom is 0.333 e. The summed E-state index contributed by atoms with van der Waals surface area (Å²) >= 11 is 0. The Balaban J connectivity index is 1.30. The van der Waals surface area contributed by atoms with E-state index in [0.717, 1.165) is 21.9 Å². The summed E-state index contributed by atoms with van der Waals surface area (Å²) in [6, 6.07) is 25.6. The summed E-state index contributed by atoms with van der Waals surface area (Å²) < 4.78 is 18.9. The van der Waals surface area contributed by atoms with Gasteiger partial charge >= 0.3 is 6.03 Å². The Kier molecular flexibility index (Phi) is 9.85. The van der Waals surface area contributed by atoms with Crippen molar-refractivity contribution in [1.82, 2.24) is 25.1 Å². The van der Waals surface area contributed by atoms with Gasteiger partial charge in [-0.05, 0) is 51.7 Å². The van der Waals surface area contributed by atoms with Gasteiger partial charge in [0.25, 0.3) is 0 Å². The van der Waals surface area contributed by atoms with Crippen molar-refractivity contribution in [1.29, 1.82) is 0 Å². The molecular formula is C37H36FN5O5. The smallest absolute Gasteiger partial charge is 0.333 e. The molecule has 0 saturated carbocycles. The monoisotopic (exact) mass is 649 g/mol. The van der Waals surface area contributed by atoms with Crippen LogP contribution in [-0.2, 0) is 29.1 Å². The van der Waals surface area contributed by atoms with Crippen molar-refractivity contribution in [3.05, 3.63) is 114 Å². The van der Waals surface area contributed by atoms with Crippen LogP contribution in [0.1, 0.15) is 16.7 Å². The van der Waals surface area contributed by atoms with Gasteiger partial charge < -0.3 is 25.0 Å². The van der Waals surface area contributed by atoms with E-state index in [0.29, 0.717) is 17.9 Å². The van der Waals surface area contributed by atoms with E-state index in [1.54, 1.807) is 39.1 Å². The van der Waals surface area contributed by atoms with Gasteiger partial charge in [-0.25, -0.2) is 14.2 Å². The molecule has 0 unspecified atom stereocenters. The Bertz CT molecular complexity index is 1820. The molecule has 11 heteroatoms. The minimum Gasteiger partial charge on any atom is -0.491 e. The lowest BCUT2D eigenvalue weighted by atomic mass is 9.99. The molecule has 0 radical (unpaired) electrons. The van der Waals surface area contributed by atoms with Gasteiger partial charge in [0.1, 0.15) is 30.4 Å². The number of hydrazine groups is 1. The van der Waals surface area contributed by atoms with Crippen molar-refractivity contribution in [2.24, 2.45) is 0 Å². The van der Waals surface area contributed by atoms with Crippen LogP contribution in [0.5, 0.6) is 5.75 Å². The Morgan fingerprint density at radius 1 is 1.00 bits per heavy atom. The van der Waals surface area contributed by atoms with E-state index in [9.17, 15) is 18.8 Å². The van der Waals surface area contributed by atoms with E-state index in [1.165, 1.54) is 17.1 Å². The molecule has 0 aliphatic carbocycles. The second kappa shape index (κ2) is 14.5. The molecule has 0 aromatic heterocycles. The summed E-state index contributed by atoms with van der Waals surface area (Å²) in [6.45, 7) is 0.395. The van der Waals surface area contributed by atoms with E-state index in [2.05, 4.69) is 11.2 Å². The molecule has 2 N–H and O–H groups in total. The minimum atomic E-state index is -0.838. The normalized spacial score (nSPS) is 17.7. The highest BCUT2D eigenvalue weighted by Crippen LogP contribution is 2.31. The molecule has 6 rings (SSSR count). The third-order valence-electron chi connectivity index (χ3n) is 8.66. The van der Waals surface area contributed by atoms with Crippen molar-refractivity contribution in [2.75, 3.05) is 32.8 Å². The van der Waals surface area contributed by atoms with Gasteiger partial charge in [-0.15, -0.1) is 6.42 Å². The van der Waals surface area contributed by atoms with E-state index in [1.807, 2.05) is 54.6 Å². The molecule has 2 aliphatic heterocycles. The maximum atomic E-state index is 14.3. The van der Waals surface area contributed by atoms with E-state index in [4.69, 9.17) is 16.3 Å². The first-order valence-electron chi connectivity index (χ1n) is 15.7. The highest BCUT2D eigenvalue weighted by atomic mass is 19.1. The van der Waals surface area contributed by atoms with Crippen molar-refractivity contribution in [3.63, 3.8) is 0 Å². The number of amides is 4. The van der Waals surface area contributed by atoms with Gasteiger partial charge in [0.05, 0.1) is 26.2 Å². The average Bonchev–Trinajstić information content (AvgIpc) is 3.43. The van der Waals surface area contributed by atoms with Crippen LogP contribution in [0.4, 0.5) is 9.18 Å². The molecule has 2 fully saturated rings. The molecule has 4 aromatic carbocycles. The average molecular weight is 650 g/mol. The van der Waals surface area contributed by atoms with Gasteiger partial charge in [-0.1, -0.05) is 72.7 Å². The second-order valence-corrected chi connectivity index (χ2v) is 11.7. The zero-order chi connectivity index (χ0) is 33.6. The Morgan fingerprint density at radius 2 is 1.73 bits per heavy atom. The molecular weight excluding hydrogens is 613 g/mol. The van der Waals surface area contributed by atoms with Gasteiger partial charge in [0.15, 0.2) is 0 Å². The van der Waals surface area contributed by atoms with E-state index in [-0.39, 0.29) is 63.4 Å². The summed E-state index contributed by atoms with van der Waals surface area (Å²) in [5, 5.41) is 17.0. The SMILES string of the molecule is C#CCN(C(=O)NCc1ccc(F)cc1)N1CC(=O)N2[C@@H](Cc3ccc(OCCO)cc3)C(=O)N(Cc3cccc4ccccc34)C[C@@H]21. The maximum absolute atomic E-state index is 14.3. The topological polar surface area (TPSA) is 106 Å². The second-order valence-electron chi connectivity index (χ2n) is 11.7. The van der Waals surface area contributed by atoms with Crippen LogP contribution in [0.15, 0.2) is 91.0 Å². The summed E-state index contributed by atoms with van der Waals surface area (Å²) in [6.07, 6.45) is 5.29. The van der Waals surface area contributed by atoms with Crippen LogP contribution in [0, 0.1) is 18.2 Å². The summed E-state index contributed by atoms with van der Waals surface area (Å²) in [5.74, 6) is 2.24. The minimum absolute atomic E-state index is 0.107. The molecule has 2 aliphatic rings. The molecule has 4 aromatic rings. The number of urea groups is 1. The molecule has 48 heavy (non-hydrogen) atoms. The molecule has 0 bridgehead atoms. The van der Waals surface area contributed by atoms with Crippen molar-refractivity contribution in [3.8, 4) is 18.1 Å². The van der Waals surface area contributed by atoms with E-state index < -0.39 is 18.2 Å². The first-order valence-corrected chi connectivity index (χ1v) is 15.7. The zero-order valence-electron chi connectivity index (χ0n) is 26.3. The summed E-state index contributed by atoms with van der Waals surface area (Å²) in [4.78, 5) is 44.9. The third-order valence-corrected chi connectivity index (χ3v) is 8.66. The number of rotatable bonds is 11. The van der Waals surface area contributed by atoms with Gasteiger partial charge in [0, 0.05) is 19.5 Å². The Morgan fingerprint density at radius 3 is 2.48 bits per heavy atom. The molecule has 0 spiro atoms. The van der Waals surface area contributed by atoms with Crippen molar-refractivity contribution in [2.45, 2.75) is 31.7 Å². The lowest BCUT2D eigenvalue weighted by Crippen LogP contribution is -2.66. The predicted octanol–water partition coefficient (Wildman–Crippen LogP) is 3.53. The molecule has 2 heterocycles. The standard InChI is InChI=1S/C37H36FN5O5/c1-2-18-41(37(47)39-22-27-10-14-30(38)15-11-27)42-25-35(45)43-33(21-26-12-16-31(17-13-26)48-20-19-44)36(46)40(24-34(42)43)23-29-8-5-7-28-6-3-4-9-32(28)29/h1,3-17,33-34,44H,18-25H2,(H,39,47)/t33-,34+/m0/s1. The zero-order valence-corrected chi connectivity index (χ0v) is 26.3. The van der Waals surface area contributed by atoms with E-state index >= 15 is 0 Å². The van der Waals surface area contributed by atoms with Crippen LogP contribution in [0.25, 0.3) is 10.8 Å². The Hall–Kier alpha value is -5.44. The number of hydrogen-bond donors (Lipinski definition) is 2. The molecule has 2 saturated heterocycles. The predicted molar refractivity (Wildman–Crippen MR) is 177 cm³/mol. The van der Waals surface area contributed by atoms with Crippen LogP contribution in [0.2, 0.25) is 0 Å². The van der Waals surface area contributed by atoms with Crippen LogP contribution < -0.4 is 10.1 Å². The largest absolute Gasteiger partial charge is 0.491 e. The fraction of sp³-hybridized carbons (Fsp3) is 0.270. The third kappa shape index (κ3) is 6.95. The number of carbonyl (C=O) groups excluding carboxylic acids is 3. The summed E-state index contributed by atoms with van der Waals surface area (Å²) in [5.41, 5.74) is 2.48. The van der Waals surface area contributed by atoms with Crippen molar-refractivity contribution >= 4 is 28.6 Å². The lowest BCUT2D eigenvalue weighted by Gasteiger charge is -2.46. The Labute approximate surface area is 278 Å². The van der Waals surface area contributed by atoms with Crippen LogP contribution in [0.3, 0.4) is 0 Å². The number of ether oxygens (including phenoxy) is 1. The fourth-order valence-corrected chi connectivity index (χ4v) is 6.37. The number of halogens is 1. The summed E-state index contributed by atoms with van der Waals surface area (Å²) in [7, 11) is 0. The lowest BCUT2D eigenvalue weighted by molar-refractivity contribution is -0.157.